The second-order valence-electron chi connectivity index (χ2n) is 3.95. The Balaban J connectivity index is 2.85. The molecular formula is C12H17BrN2O2. The highest BCUT2D eigenvalue weighted by molar-refractivity contribution is 9.10. The summed E-state index contributed by atoms with van der Waals surface area (Å²) in [6.07, 6.45) is 0.333. The summed E-state index contributed by atoms with van der Waals surface area (Å²) in [5, 5.41) is 0. The van der Waals surface area contributed by atoms with E-state index in [1.54, 1.807) is 19.1 Å². The molecule has 1 rings (SSSR count). The van der Waals surface area contributed by atoms with Crippen molar-refractivity contribution in [2.75, 3.05) is 19.1 Å². The van der Waals surface area contributed by atoms with E-state index >= 15 is 0 Å². The van der Waals surface area contributed by atoms with Crippen LogP contribution in [0.15, 0.2) is 22.7 Å². The molecule has 0 fully saturated rings. The number of hydrogen-bond acceptors (Lipinski definition) is 3. The summed E-state index contributed by atoms with van der Waals surface area (Å²) in [6, 6.07) is 5.36. The first kappa shape index (κ1) is 14.0. The first-order valence-corrected chi connectivity index (χ1v) is 6.10. The maximum absolute atomic E-state index is 11.8. The Kier molecular flexibility index (Phi) is 4.96. The van der Waals surface area contributed by atoms with Gasteiger partial charge in [-0.05, 0) is 41.1 Å². The van der Waals surface area contributed by atoms with E-state index in [0.717, 1.165) is 15.9 Å². The fourth-order valence-corrected chi connectivity index (χ4v) is 1.95. The van der Waals surface area contributed by atoms with E-state index in [1.807, 2.05) is 25.1 Å². The van der Waals surface area contributed by atoms with Crippen LogP contribution < -0.4 is 15.4 Å². The molecule has 1 atom stereocenters. The van der Waals surface area contributed by atoms with Crippen molar-refractivity contribution >= 4 is 27.5 Å². The average molecular weight is 301 g/mol. The third kappa shape index (κ3) is 3.71. The van der Waals surface area contributed by atoms with Crippen molar-refractivity contribution in [2.45, 2.75) is 19.4 Å². The summed E-state index contributed by atoms with van der Waals surface area (Å²) < 4.78 is 5.95. The van der Waals surface area contributed by atoms with Gasteiger partial charge in [-0.15, -0.1) is 0 Å². The molecule has 5 heteroatoms. The number of hydrogen-bond donors (Lipinski definition) is 1. The zero-order valence-electron chi connectivity index (χ0n) is 10.2. The molecule has 0 bridgehead atoms. The van der Waals surface area contributed by atoms with Crippen molar-refractivity contribution in [3.8, 4) is 5.75 Å². The van der Waals surface area contributed by atoms with Crippen molar-refractivity contribution in [1.82, 2.24) is 0 Å². The van der Waals surface area contributed by atoms with Crippen molar-refractivity contribution in [3.63, 3.8) is 0 Å². The Bertz CT molecular complexity index is 407. The number of methoxy groups -OCH3 is 1. The molecule has 2 N–H and O–H groups in total. The highest BCUT2D eigenvalue weighted by Crippen LogP contribution is 2.29. The molecule has 4 nitrogen and oxygen atoms in total. The predicted molar refractivity (Wildman–Crippen MR) is 72.4 cm³/mol. The molecule has 0 aliphatic heterocycles. The molecule has 0 saturated carbocycles. The van der Waals surface area contributed by atoms with E-state index in [1.165, 1.54) is 0 Å². The van der Waals surface area contributed by atoms with Gasteiger partial charge in [0.1, 0.15) is 5.75 Å². The van der Waals surface area contributed by atoms with Gasteiger partial charge in [-0.25, -0.2) is 0 Å². The fourth-order valence-electron chi connectivity index (χ4n) is 1.42. The lowest BCUT2D eigenvalue weighted by molar-refractivity contribution is -0.118. The molecule has 17 heavy (non-hydrogen) atoms. The molecule has 1 amide bonds. The number of amides is 1. The van der Waals surface area contributed by atoms with Crippen LogP contribution in [0.5, 0.6) is 5.75 Å². The Morgan fingerprint density at radius 3 is 2.71 bits per heavy atom. The summed E-state index contributed by atoms with van der Waals surface area (Å²) >= 11 is 3.39. The number of ether oxygens (including phenoxy) is 1. The summed E-state index contributed by atoms with van der Waals surface area (Å²) in [4.78, 5) is 13.4. The quantitative estimate of drug-likeness (QED) is 0.927. The van der Waals surface area contributed by atoms with Gasteiger partial charge in [-0.3, -0.25) is 4.79 Å². The number of halogens is 1. The minimum Gasteiger partial charge on any atom is -0.496 e. The molecule has 0 aliphatic rings. The predicted octanol–water partition coefficient (Wildman–Crippen LogP) is 2.16. The van der Waals surface area contributed by atoms with Crippen molar-refractivity contribution in [1.29, 1.82) is 0 Å². The molecule has 1 aromatic carbocycles. The summed E-state index contributed by atoms with van der Waals surface area (Å²) in [6.45, 7) is 1.82. The van der Waals surface area contributed by atoms with Crippen LogP contribution in [0.4, 0.5) is 5.69 Å². The largest absolute Gasteiger partial charge is 0.496 e. The topological polar surface area (TPSA) is 55.6 Å². The second kappa shape index (κ2) is 6.02. The van der Waals surface area contributed by atoms with Gasteiger partial charge in [-0.1, -0.05) is 0 Å². The highest BCUT2D eigenvalue weighted by atomic mass is 79.9. The first-order chi connectivity index (χ1) is 7.95. The highest BCUT2D eigenvalue weighted by Gasteiger charge is 2.13. The second-order valence-corrected chi connectivity index (χ2v) is 4.81. The van der Waals surface area contributed by atoms with Gasteiger partial charge >= 0.3 is 0 Å². The number of carbonyl (C=O) groups excluding carboxylic acids is 1. The smallest absolute Gasteiger partial charge is 0.228 e. The van der Waals surface area contributed by atoms with Crippen LogP contribution in [0.2, 0.25) is 0 Å². The Morgan fingerprint density at radius 1 is 1.59 bits per heavy atom. The number of anilines is 1. The zero-order valence-corrected chi connectivity index (χ0v) is 11.8. The van der Waals surface area contributed by atoms with Gasteiger partial charge in [0.05, 0.1) is 11.6 Å². The van der Waals surface area contributed by atoms with Crippen molar-refractivity contribution < 1.29 is 9.53 Å². The molecule has 0 saturated heterocycles. The number of nitrogens with zero attached hydrogens (tertiary/aromatic N) is 1. The maximum atomic E-state index is 11.8. The maximum Gasteiger partial charge on any atom is 0.228 e. The molecular weight excluding hydrogens is 284 g/mol. The number of benzene rings is 1. The molecule has 0 radical (unpaired) electrons. The van der Waals surface area contributed by atoms with Crippen LogP contribution in [0.1, 0.15) is 13.3 Å². The van der Waals surface area contributed by atoms with E-state index in [9.17, 15) is 4.79 Å². The van der Waals surface area contributed by atoms with Crippen LogP contribution in [-0.4, -0.2) is 26.1 Å². The fraction of sp³-hybridized carbons (Fsp3) is 0.417. The summed E-state index contributed by atoms with van der Waals surface area (Å²) in [7, 11) is 3.34. The Hall–Kier alpha value is -1.07. The van der Waals surface area contributed by atoms with E-state index in [0.29, 0.717) is 6.42 Å². The molecule has 1 aromatic rings. The van der Waals surface area contributed by atoms with Gasteiger partial charge in [0.2, 0.25) is 5.91 Å². The van der Waals surface area contributed by atoms with Gasteiger partial charge in [-0.2, -0.15) is 0 Å². The number of rotatable bonds is 4. The van der Waals surface area contributed by atoms with Crippen LogP contribution in [0, 0.1) is 0 Å². The van der Waals surface area contributed by atoms with Gasteiger partial charge in [0.15, 0.2) is 0 Å². The minimum absolute atomic E-state index is 0.00272. The molecule has 0 spiro atoms. The summed E-state index contributed by atoms with van der Waals surface area (Å²) in [5.74, 6) is 0.735. The molecule has 0 aliphatic carbocycles. The third-order valence-corrected chi connectivity index (χ3v) is 3.01. The number of carbonyl (C=O) groups is 1. The molecule has 0 heterocycles. The molecule has 0 aromatic heterocycles. The lowest BCUT2D eigenvalue weighted by Crippen LogP contribution is -2.31. The van der Waals surface area contributed by atoms with E-state index in [2.05, 4.69) is 15.9 Å². The van der Waals surface area contributed by atoms with Gasteiger partial charge in [0, 0.05) is 25.2 Å². The molecule has 1 unspecified atom stereocenters. The van der Waals surface area contributed by atoms with Crippen LogP contribution >= 0.6 is 15.9 Å². The minimum atomic E-state index is -0.133. The molecule has 94 valence electrons. The Labute approximate surface area is 110 Å². The lowest BCUT2D eigenvalue weighted by Gasteiger charge is -2.19. The summed E-state index contributed by atoms with van der Waals surface area (Å²) in [5.41, 5.74) is 6.42. The van der Waals surface area contributed by atoms with Gasteiger partial charge < -0.3 is 15.4 Å². The lowest BCUT2D eigenvalue weighted by atomic mass is 10.2. The average Bonchev–Trinajstić information content (AvgIpc) is 2.27. The normalized spacial score (nSPS) is 12.1. The van der Waals surface area contributed by atoms with Gasteiger partial charge in [0.25, 0.3) is 0 Å². The van der Waals surface area contributed by atoms with E-state index in [-0.39, 0.29) is 11.9 Å². The van der Waals surface area contributed by atoms with Crippen LogP contribution in [0.3, 0.4) is 0 Å². The van der Waals surface area contributed by atoms with Crippen molar-refractivity contribution in [2.24, 2.45) is 5.73 Å². The van der Waals surface area contributed by atoms with Crippen LogP contribution in [0.25, 0.3) is 0 Å². The standard InChI is InChI=1S/C12H17BrN2O2/c1-8(14)6-12(16)15(2)9-4-5-11(17-3)10(13)7-9/h4-5,7-8H,6,14H2,1-3H3. The zero-order chi connectivity index (χ0) is 13.0. The van der Waals surface area contributed by atoms with Crippen molar-refractivity contribution in [3.05, 3.63) is 22.7 Å². The van der Waals surface area contributed by atoms with Crippen LogP contribution in [-0.2, 0) is 4.79 Å². The van der Waals surface area contributed by atoms with E-state index < -0.39 is 0 Å². The SMILES string of the molecule is COc1ccc(N(C)C(=O)CC(C)N)cc1Br. The monoisotopic (exact) mass is 300 g/mol. The third-order valence-electron chi connectivity index (χ3n) is 2.39. The Morgan fingerprint density at radius 2 is 2.24 bits per heavy atom. The number of nitrogens with two attached hydrogens (primary N) is 1. The van der Waals surface area contributed by atoms with E-state index in [4.69, 9.17) is 10.5 Å². The first-order valence-electron chi connectivity index (χ1n) is 5.31.